The molecule has 0 atom stereocenters. The van der Waals surface area contributed by atoms with Crippen molar-refractivity contribution in [3.05, 3.63) is 48.6 Å². The first-order chi connectivity index (χ1) is 4.88. The van der Waals surface area contributed by atoms with Gasteiger partial charge >= 0.3 is 0 Å². The molecule has 2 heteroatoms. The normalized spacial score (nSPS) is 26.6. The van der Waals surface area contributed by atoms with Crippen LogP contribution in [0, 0.1) is 36.4 Å². The quantitative estimate of drug-likeness (QED) is 0.355. The Morgan fingerprint density at radius 2 is 2.20 bits per heavy atom. The van der Waals surface area contributed by atoms with Gasteiger partial charge in [0.25, 0.3) is 6.04 Å². The van der Waals surface area contributed by atoms with Crippen LogP contribution in [0.4, 0.5) is 0 Å². The Labute approximate surface area is 60.4 Å². The van der Waals surface area contributed by atoms with Crippen LogP contribution in [0.15, 0.2) is 12.2 Å². The van der Waals surface area contributed by atoms with E-state index in [4.69, 9.17) is 0 Å². The molecule has 2 nitrogen and oxygen atoms in total. The van der Waals surface area contributed by atoms with E-state index in [0.29, 0.717) is 0 Å². The minimum absolute atomic E-state index is 0.738. The maximum Gasteiger partial charge on any atom is 0.252 e. The van der Waals surface area contributed by atoms with Crippen LogP contribution >= 0.6 is 0 Å². The molecular weight excluding hydrogens is 126 g/mol. The molecule has 1 saturated carbocycles. The zero-order chi connectivity index (χ0) is 6.97. The van der Waals surface area contributed by atoms with Crippen LogP contribution in [0.5, 0.6) is 0 Å². The maximum absolute atomic E-state index is 11.0. The second-order valence-corrected chi connectivity index (χ2v) is 2.20. The van der Waals surface area contributed by atoms with E-state index >= 15 is 0 Å². The lowest BCUT2D eigenvalue weighted by Gasteiger charge is -2.15. The summed E-state index contributed by atoms with van der Waals surface area (Å²) in [6.45, 7) is 0. The van der Waals surface area contributed by atoms with E-state index in [1.807, 2.05) is 25.3 Å². The Morgan fingerprint density at radius 3 is 3.00 bits per heavy atom. The number of fused-ring (bicyclic) bond motifs is 1. The van der Waals surface area contributed by atoms with Gasteiger partial charge in [-0.05, 0) is 18.9 Å². The Balaban J connectivity index is 2.24. The van der Waals surface area contributed by atoms with Crippen LogP contribution in [0.2, 0.25) is 0 Å². The van der Waals surface area contributed by atoms with E-state index in [0.717, 1.165) is 16.7 Å². The second kappa shape index (κ2) is 2.11. The molecule has 1 heterocycles. The van der Waals surface area contributed by atoms with Crippen molar-refractivity contribution in [1.29, 1.82) is 0 Å². The first-order valence-corrected chi connectivity index (χ1v) is 3.11. The van der Waals surface area contributed by atoms with Gasteiger partial charge in [-0.25, -0.2) is 0 Å². The second-order valence-electron chi connectivity index (χ2n) is 2.20. The lowest BCUT2D eigenvalue weighted by molar-refractivity contribution is -0.427. The lowest BCUT2D eigenvalue weighted by atomic mass is 10.0. The monoisotopic (exact) mass is 132 g/mol. The number of hydroxylamine groups is 1. The SMILES string of the molecule is [O-][N+]1=CC=C[C]2[CH][CH][CH][C]21. The van der Waals surface area contributed by atoms with E-state index in [9.17, 15) is 5.21 Å². The molecule has 0 aromatic heterocycles. The number of nitrogens with zero attached hydrogens (tertiary/aromatic N) is 1. The molecule has 1 aliphatic carbocycles. The highest BCUT2D eigenvalue weighted by molar-refractivity contribution is 5.71. The average Bonchev–Trinajstić information content (AvgIpc) is 2.36. The summed E-state index contributed by atoms with van der Waals surface area (Å²) in [5.41, 5.74) is 0. The van der Waals surface area contributed by atoms with E-state index in [1.165, 1.54) is 6.21 Å². The summed E-state index contributed by atoms with van der Waals surface area (Å²) >= 11 is 0. The van der Waals surface area contributed by atoms with E-state index in [2.05, 4.69) is 0 Å². The standard InChI is InChI=1S/C8H6NO/c10-9-6-2-4-7-3-1-5-8(7)9/h1-6H. The van der Waals surface area contributed by atoms with Crippen LogP contribution in [-0.2, 0) is 0 Å². The number of hydrogen-bond acceptors (Lipinski definition) is 1. The van der Waals surface area contributed by atoms with Crippen molar-refractivity contribution in [3.63, 3.8) is 0 Å². The molecule has 5 radical (unpaired) electrons. The number of allylic oxidation sites excluding steroid dienone is 1. The molecule has 10 heavy (non-hydrogen) atoms. The number of hydrogen-bond donors (Lipinski definition) is 0. The summed E-state index contributed by atoms with van der Waals surface area (Å²) in [5.74, 6) is 0.998. The van der Waals surface area contributed by atoms with Crippen LogP contribution < -0.4 is 0 Å². The molecule has 1 aliphatic heterocycles. The van der Waals surface area contributed by atoms with Crippen molar-refractivity contribution >= 4 is 6.21 Å². The Hall–Kier alpha value is -0.790. The molecule has 49 valence electrons. The van der Waals surface area contributed by atoms with Gasteiger partial charge in [0.1, 0.15) is 0 Å². The first kappa shape index (κ1) is 5.96. The molecule has 2 rings (SSSR count). The van der Waals surface area contributed by atoms with Gasteiger partial charge in [-0.1, -0.05) is 6.08 Å². The van der Waals surface area contributed by atoms with Crippen molar-refractivity contribution < 1.29 is 4.74 Å². The highest BCUT2D eigenvalue weighted by Crippen LogP contribution is 2.35. The Kier molecular flexibility index (Phi) is 1.26. The Morgan fingerprint density at radius 1 is 1.30 bits per heavy atom. The summed E-state index contributed by atoms with van der Waals surface area (Å²) in [4.78, 5) is 0. The molecule has 0 N–H and O–H groups in total. The summed E-state index contributed by atoms with van der Waals surface area (Å²) in [7, 11) is 0. The van der Waals surface area contributed by atoms with Crippen LogP contribution in [0.1, 0.15) is 0 Å². The predicted molar refractivity (Wildman–Crippen MR) is 38.2 cm³/mol. The molecular formula is C8H6NO. The third-order valence-corrected chi connectivity index (χ3v) is 1.56. The molecule has 1 fully saturated rings. The van der Waals surface area contributed by atoms with Gasteiger partial charge < -0.3 is 5.21 Å². The van der Waals surface area contributed by atoms with Gasteiger partial charge in [0, 0.05) is 6.42 Å². The maximum atomic E-state index is 11.0. The van der Waals surface area contributed by atoms with Gasteiger partial charge in [0.2, 0.25) is 0 Å². The topological polar surface area (TPSA) is 26.1 Å². The molecule has 0 unspecified atom stereocenters. The lowest BCUT2D eigenvalue weighted by Crippen LogP contribution is -2.18. The summed E-state index contributed by atoms with van der Waals surface area (Å²) in [6, 6.07) is 0.738. The molecule has 0 spiro atoms. The summed E-state index contributed by atoms with van der Waals surface area (Å²) < 4.78 is 0.870. The smallest absolute Gasteiger partial charge is 0.252 e. The minimum Gasteiger partial charge on any atom is -0.623 e. The van der Waals surface area contributed by atoms with Crippen LogP contribution in [0.3, 0.4) is 0 Å². The van der Waals surface area contributed by atoms with E-state index in [-0.39, 0.29) is 0 Å². The van der Waals surface area contributed by atoms with Crippen molar-refractivity contribution in [2.45, 2.75) is 0 Å². The van der Waals surface area contributed by atoms with Gasteiger partial charge in [0.15, 0.2) is 6.21 Å². The molecule has 0 amide bonds. The molecule has 0 aromatic carbocycles. The van der Waals surface area contributed by atoms with Gasteiger partial charge in [-0.3, -0.25) is 0 Å². The van der Waals surface area contributed by atoms with Crippen molar-refractivity contribution in [3.8, 4) is 0 Å². The highest BCUT2D eigenvalue weighted by atomic mass is 16.5. The largest absolute Gasteiger partial charge is 0.623 e. The van der Waals surface area contributed by atoms with Gasteiger partial charge in [0.05, 0.1) is 5.92 Å². The highest BCUT2D eigenvalue weighted by Gasteiger charge is 2.36. The molecule has 0 bridgehead atoms. The zero-order valence-corrected chi connectivity index (χ0v) is 5.32. The fourth-order valence-electron chi connectivity index (χ4n) is 1.07. The third-order valence-electron chi connectivity index (χ3n) is 1.56. The average molecular weight is 132 g/mol. The van der Waals surface area contributed by atoms with Crippen molar-refractivity contribution in [2.24, 2.45) is 0 Å². The zero-order valence-electron chi connectivity index (χ0n) is 5.32. The third kappa shape index (κ3) is 0.753. The van der Waals surface area contributed by atoms with Crippen molar-refractivity contribution in [2.75, 3.05) is 0 Å². The number of rotatable bonds is 0. The van der Waals surface area contributed by atoms with Gasteiger partial charge in [-0.15, -0.1) is 0 Å². The van der Waals surface area contributed by atoms with Crippen LogP contribution in [0.25, 0.3) is 0 Å². The summed E-state index contributed by atoms with van der Waals surface area (Å²) in [5, 5.41) is 11.0. The first-order valence-electron chi connectivity index (χ1n) is 3.11. The molecule has 0 aromatic rings. The molecule has 0 saturated heterocycles. The molecule has 2 aliphatic rings. The Bertz CT molecular complexity index is 195. The fourth-order valence-corrected chi connectivity index (χ4v) is 1.07. The van der Waals surface area contributed by atoms with Crippen LogP contribution in [-0.4, -0.2) is 11.0 Å². The summed E-state index contributed by atoms with van der Waals surface area (Å²) in [6.07, 6.45) is 10.8. The fraction of sp³-hybridized carbons (Fsp3) is 0. The van der Waals surface area contributed by atoms with E-state index in [1.54, 1.807) is 6.08 Å². The minimum atomic E-state index is 0.738. The van der Waals surface area contributed by atoms with Gasteiger partial charge in [-0.2, -0.15) is 4.74 Å². The van der Waals surface area contributed by atoms with E-state index < -0.39 is 0 Å². The predicted octanol–water partition coefficient (Wildman–Crippen LogP) is 0.870. The van der Waals surface area contributed by atoms with Crippen molar-refractivity contribution in [1.82, 2.24) is 0 Å².